The fraction of sp³-hybridized carbons (Fsp3) is 0.905. The molecule has 0 aromatic heterocycles. The predicted octanol–water partition coefficient (Wildman–Crippen LogP) is 11.4. The van der Waals surface area contributed by atoms with Gasteiger partial charge in [0.25, 0.3) is 0 Å². The Morgan fingerprint density at radius 3 is 1.52 bits per heavy atom. The van der Waals surface area contributed by atoms with E-state index in [-0.39, 0.29) is 18.5 Å². The van der Waals surface area contributed by atoms with E-state index in [1.807, 2.05) is 0 Å². The van der Waals surface area contributed by atoms with Crippen LogP contribution in [0.5, 0.6) is 0 Å². The van der Waals surface area contributed by atoms with Crippen molar-refractivity contribution >= 4 is 11.9 Å². The lowest BCUT2D eigenvalue weighted by molar-refractivity contribution is -0.143. The molecule has 3 N–H and O–H groups in total. The zero-order valence-corrected chi connectivity index (χ0v) is 32.0. The molecule has 0 saturated carbocycles. The second-order valence-corrected chi connectivity index (χ2v) is 14.3. The van der Waals surface area contributed by atoms with Crippen LogP contribution in [0.25, 0.3) is 0 Å². The van der Waals surface area contributed by atoms with Crippen molar-refractivity contribution in [3.8, 4) is 0 Å². The molecular weight excluding hydrogens is 598 g/mol. The minimum Gasteiger partial charge on any atom is -0.466 e. The Bertz CT molecular complexity index is 712. The topological polar surface area (TPSA) is 95.9 Å². The van der Waals surface area contributed by atoms with Crippen molar-refractivity contribution < 1.29 is 24.5 Å². The molecule has 2 unspecified atom stereocenters. The highest BCUT2D eigenvalue weighted by molar-refractivity contribution is 5.76. The standard InChI is InChI=1S/C42H81NO5/c1-3-5-7-9-11-13-15-16-20-24-28-32-36-42(47)48-37-33-29-25-21-17-19-23-27-31-35-41(46)43-39(38-44)40(45)34-30-26-22-18-14-12-10-8-6-4-2/h11,13,39-40,44-45H,3-10,12,14-38H2,1-2H3,(H,43,46)/b13-11-. The van der Waals surface area contributed by atoms with Crippen LogP contribution in [0.4, 0.5) is 0 Å². The van der Waals surface area contributed by atoms with Crippen molar-refractivity contribution in [3.05, 3.63) is 12.2 Å². The van der Waals surface area contributed by atoms with Crippen LogP contribution in [0, 0.1) is 0 Å². The highest BCUT2D eigenvalue weighted by Gasteiger charge is 2.20. The van der Waals surface area contributed by atoms with E-state index < -0.39 is 12.1 Å². The van der Waals surface area contributed by atoms with Crippen LogP contribution < -0.4 is 5.32 Å². The molecule has 0 heterocycles. The van der Waals surface area contributed by atoms with Crippen LogP contribution in [0.2, 0.25) is 0 Å². The Morgan fingerprint density at radius 1 is 0.562 bits per heavy atom. The number of ether oxygens (including phenoxy) is 1. The second-order valence-electron chi connectivity index (χ2n) is 14.3. The molecule has 2 atom stereocenters. The summed E-state index contributed by atoms with van der Waals surface area (Å²) < 4.78 is 5.41. The Morgan fingerprint density at radius 2 is 0.979 bits per heavy atom. The summed E-state index contributed by atoms with van der Waals surface area (Å²) in [5, 5.41) is 23.0. The van der Waals surface area contributed by atoms with Gasteiger partial charge in [0.1, 0.15) is 0 Å². The maximum Gasteiger partial charge on any atom is 0.305 e. The lowest BCUT2D eigenvalue weighted by Gasteiger charge is -2.22. The third-order valence-corrected chi connectivity index (χ3v) is 9.56. The fourth-order valence-electron chi connectivity index (χ4n) is 6.28. The van der Waals surface area contributed by atoms with E-state index >= 15 is 0 Å². The smallest absolute Gasteiger partial charge is 0.305 e. The first kappa shape index (κ1) is 46.6. The SMILES string of the molecule is CCCCC/C=C\CCCCCCCC(=O)OCCCCCCCCCCCC(=O)NC(CO)C(O)CCCCCCCCCCCC. The largest absolute Gasteiger partial charge is 0.466 e. The summed E-state index contributed by atoms with van der Waals surface area (Å²) in [6.45, 7) is 4.83. The lowest BCUT2D eigenvalue weighted by Crippen LogP contribution is -2.45. The number of allylic oxidation sites excluding steroid dienone is 2. The second kappa shape index (κ2) is 38.4. The van der Waals surface area contributed by atoms with E-state index in [1.54, 1.807) is 0 Å². The average Bonchev–Trinajstić information content (AvgIpc) is 3.08. The summed E-state index contributed by atoms with van der Waals surface area (Å²) in [7, 11) is 0. The molecule has 48 heavy (non-hydrogen) atoms. The van der Waals surface area contributed by atoms with Gasteiger partial charge >= 0.3 is 5.97 Å². The van der Waals surface area contributed by atoms with E-state index in [9.17, 15) is 19.8 Å². The molecule has 0 aromatic rings. The molecule has 0 fully saturated rings. The van der Waals surface area contributed by atoms with Crippen LogP contribution in [-0.4, -0.2) is 47.4 Å². The fourth-order valence-corrected chi connectivity index (χ4v) is 6.28. The van der Waals surface area contributed by atoms with Crippen LogP contribution in [0.3, 0.4) is 0 Å². The molecule has 0 aromatic carbocycles. The van der Waals surface area contributed by atoms with Gasteiger partial charge in [-0.3, -0.25) is 9.59 Å². The van der Waals surface area contributed by atoms with Gasteiger partial charge in [0.05, 0.1) is 25.4 Å². The first-order chi connectivity index (χ1) is 23.5. The third-order valence-electron chi connectivity index (χ3n) is 9.56. The van der Waals surface area contributed by atoms with Crippen LogP contribution in [0.15, 0.2) is 12.2 Å². The van der Waals surface area contributed by atoms with Gasteiger partial charge in [-0.2, -0.15) is 0 Å². The first-order valence-corrected chi connectivity index (χ1v) is 20.9. The average molecular weight is 680 g/mol. The van der Waals surface area contributed by atoms with E-state index in [1.165, 1.54) is 128 Å². The monoisotopic (exact) mass is 680 g/mol. The van der Waals surface area contributed by atoms with E-state index in [0.717, 1.165) is 57.8 Å². The molecule has 1 amide bonds. The molecule has 0 spiro atoms. The molecule has 0 aliphatic carbocycles. The van der Waals surface area contributed by atoms with Crippen molar-refractivity contribution in [2.75, 3.05) is 13.2 Å². The first-order valence-electron chi connectivity index (χ1n) is 20.9. The quantitative estimate of drug-likeness (QED) is 0.0343. The summed E-state index contributed by atoms with van der Waals surface area (Å²) in [5.74, 6) is -0.102. The number of unbranched alkanes of at least 4 members (excludes halogenated alkanes) is 25. The van der Waals surface area contributed by atoms with Gasteiger partial charge in [0.15, 0.2) is 0 Å². The maximum absolute atomic E-state index is 12.3. The summed E-state index contributed by atoms with van der Waals surface area (Å²) in [5.41, 5.74) is 0. The molecule has 0 rings (SSSR count). The van der Waals surface area contributed by atoms with Crippen molar-refractivity contribution in [1.82, 2.24) is 5.32 Å². The Kier molecular flexibility index (Phi) is 37.3. The number of aliphatic hydroxyl groups excluding tert-OH is 2. The van der Waals surface area contributed by atoms with Crippen molar-refractivity contribution in [3.63, 3.8) is 0 Å². The number of rotatable bonds is 38. The van der Waals surface area contributed by atoms with Gasteiger partial charge in [0.2, 0.25) is 5.91 Å². The zero-order valence-electron chi connectivity index (χ0n) is 32.0. The van der Waals surface area contributed by atoms with Gasteiger partial charge < -0.3 is 20.3 Å². The molecule has 0 aliphatic heterocycles. The van der Waals surface area contributed by atoms with E-state index in [2.05, 4.69) is 31.3 Å². The minimum atomic E-state index is -0.678. The number of aliphatic hydroxyl groups is 2. The van der Waals surface area contributed by atoms with Crippen molar-refractivity contribution in [2.45, 2.75) is 231 Å². The Labute approximate surface area is 298 Å². The molecule has 0 saturated heterocycles. The highest BCUT2D eigenvalue weighted by atomic mass is 16.5. The molecule has 6 heteroatoms. The minimum absolute atomic E-state index is 0.0360. The van der Waals surface area contributed by atoms with Crippen LogP contribution in [-0.2, 0) is 14.3 Å². The number of esters is 1. The number of amides is 1. The zero-order chi connectivity index (χ0) is 35.2. The Hall–Kier alpha value is -1.40. The molecule has 0 radical (unpaired) electrons. The number of carbonyl (C=O) groups is 2. The summed E-state index contributed by atoms with van der Waals surface area (Å²) >= 11 is 0. The normalized spacial score (nSPS) is 12.8. The number of carbonyl (C=O) groups excluding carboxylic acids is 2. The number of hydrogen-bond donors (Lipinski definition) is 3. The lowest BCUT2D eigenvalue weighted by atomic mass is 10.0. The predicted molar refractivity (Wildman–Crippen MR) is 204 cm³/mol. The van der Waals surface area contributed by atoms with Crippen molar-refractivity contribution in [1.29, 1.82) is 0 Å². The molecule has 0 bridgehead atoms. The van der Waals surface area contributed by atoms with E-state index in [4.69, 9.17) is 4.74 Å². The summed E-state index contributed by atoms with van der Waals surface area (Å²) in [6.07, 6.45) is 40.1. The van der Waals surface area contributed by atoms with Crippen LogP contribution >= 0.6 is 0 Å². The Balaban J connectivity index is 3.51. The van der Waals surface area contributed by atoms with Crippen molar-refractivity contribution in [2.24, 2.45) is 0 Å². The summed E-state index contributed by atoms with van der Waals surface area (Å²) in [4.78, 5) is 24.3. The number of hydrogen-bond acceptors (Lipinski definition) is 5. The van der Waals surface area contributed by atoms with Gasteiger partial charge in [-0.05, 0) is 51.4 Å². The van der Waals surface area contributed by atoms with Crippen LogP contribution in [0.1, 0.15) is 219 Å². The molecule has 0 aliphatic rings. The highest BCUT2D eigenvalue weighted by Crippen LogP contribution is 2.15. The third kappa shape index (κ3) is 34.5. The molecule has 284 valence electrons. The van der Waals surface area contributed by atoms with Gasteiger partial charge in [0, 0.05) is 12.8 Å². The summed E-state index contributed by atoms with van der Waals surface area (Å²) in [6, 6.07) is -0.558. The van der Waals surface area contributed by atoms with Gasteiger partial charge in [-0.15, -0.1) is 0 Å². The van der Waals surface area contributed by atoms with Gasteiger partial charge in [-0.25, -0.2) is 0 Å². The molecule has 6 nitrogen and oxygen atoms in total. The molecular formula is C42H81NO5. The maximum atomic E-state index is 12.3. The van der Waals surface area contributed by atoms with E-state index in [0.29, 0.717) is 25.9 Å². The number of nitrogens with one attached hydrogen (secondary N) is 1. The van der Waals surface area contributed by atoms with Gasteiger partial charge in [-0.1, -0.05) is 167 Å².